The Morgan fingerprint density at radius 3 is 2.81 bits per heavy atom. The third-order valence-electron chi connectivity index (χ3n) is 6.66. The van der Waals surface area contributed by atoms with Crippen molar-refractivity contribution in [1.29, 1.82) is 0 Å². The van der Waals surface area contributed by atoms with Crippen LogP contribution in [0.15, 0.2) is 12.1 Å². The van der Waals surface area contributed by atoms with Gasteiger partial charge in [0.2, 0.25) is 0 Å². The Hall–Kier alpha value is -1.35. The van der Waals surface area contributed by atoms with E-state index in [4.69, 9.17) is 4.98 Å². The molecule has 2 heterocycles. The lowest BCUT2D eigenvalue weighted by molar-refractivity contribution is 0.0561. The molecule has 1 N–H and O–H groups in total. The van der Waals surface area contributed by atoms with E-state index >= 15 is 0 Å². The number of fused-ring (bicyclic) bond motifs is 5. The zero-order valence-electron chi connectivity index (χ0n) is 13.7. The lowest BCUT2D eigenvalue weighted by Gasteiger charge is -2.57. The van der Waals surface area contributed by atoms with Crippen LogP contribution in [0.1, 0.15) is 44.1 Å². The number of aromatic nitrogens is 2. The van der Waals surface area contributed by atoms with E-state index in [1.807, 2.05) is 0 Å². The molecule has 21 heavy (non-hydrogen) atoms. The van der Waals surface area contributed by atoms with Crippen LogP contribution in [0, 0.1) is 12.3 Å². The molecule has 0 unspecified atom stereocenters. The van der Waals surface area contributed by atoms with Gasteiger partial charge < -0.3 is 9.88 Å². The van der Waals surface area contributed by atoms with Crippen molar-refractivity contribution in [2.45, 2.75) is 52.0 Å². The molecule has 1 aliphatic heterocycles. The maximum atomic E-state index is 4.72. The van der Waals surface area contributed by atoms with Crippen molar-refractivity contribution < 1.29 is 0 Å². The van der Waals surface area contributed by atoms with Crippen molar-refractivity contribution in [3.63, 3.8) is 0 Å². The molecule has 1 saturated heterocycles. The third kappa shape index (κ3) is 1.50. The normalized spacial score (nSPS) is 30.4. The van der Waals surface area contributed by atoms with Gasteiger partial charge in [0, 0.05) is 18.5 Å². The van der Waals surface area contributed by atoms with E-state index in [0.717, 1.165) is 24.3 Å². The standard InChI is InChI=1S/C18H25N3/c1-11-20-14-8-12-9-16-17(2,3)18(4,6-7-19-16)13(12)10-15(14)21(11)5/h8,10,16,19H,6-7,9H2,1-5H3/t16-,18+/m1/s1. The zero-order valence-corrected chi connectivity index (χ0v) is 13.7. The number of aryl methyl sites for hydroxylation is 2. The van der Waals surface area contributed by atoms with Crippen LogP contribution in [0.25, 0.3) is 11.0 Å². The van der Waals surface area contributed by atoms with Gasteiger partial charge in [-0.1, -0.05) is 20.8 Å². The second-order valence-corrected chi connectivity index (χ2v) is 7.73. The Morgan fingerprint density at radius 2 is 2.05 bits per heavy atom. The number of imidazole rings is 1. The van der Waals surface area contributed by atoms with Crippen molar-refractivity contribution in [2.75, 3.05) is 6.54 Å². The van der Waals surface area contributed by atoms with E-state index in [0.29, 0.717) is 11.5 Å². The summed E-state index contributed by atoms with van der Waals surface area (Å²) < 4.78 is 2.22. The van der Waals surface area contributed by atoms with Crippen molar-refractivity contribution >= 4 is 11.0 Å². The second-order valence-electron chi connectivity index (χ2n) is 7.73. The molecular formula is C18H25N3. The van der Waals surface area contributed by atoms with Gasteiger partial charge in [0.05, 0.1) is 11.0 Å². The molecule has 3 heteroatoms. The molecule has 0 spiro atoms. The summed E-state index contributed by atoms with van der Waals surface area (Å²) in [7, 11) is 2.12. The number of nitrogens with one attached hydrogen (secondary N) is 1. The largest absolute Gasteiger partial charge is 0.331 e. The van der Waals surface area contributed by atoms with E-state index in [1.54, 1.807) is 5.56 Å². The minimum absolute atomic E-state index is 0.253. The van der Waals surface area contributed by atoms with E-state index in [-0.39, 0.29) is 5.41 Å². The molecular weight excluding hydrogens is 258 g/mol. The highest BCUT2D eigenvalue weighted by atomic mass is 15.1. The SMILES string of the molecule is Cc1nc2cc3c(cc2n1C)[C@]1(C)CCN[C@H](C3)C1(C)C. The van der Waals surface area contributed by atoms with Gasteiger partial charge in [-0.25, -0.2) is 4.98 Å². The minimum atomic E-state index is 0.253. The van der Waals surface area contributed by atoms with Crippen LogP contribution in [-0.4, -0.2) is 22.1 Å². The van der Waals surface area contributed by atoms with Crippen LogP contribution in [0.2, 0.25) is 0 Å². The Labute approximate surface area is 126 Å². The van der Waals surface area contributed by atoms with E-state index in [2.05, 4.69) is 56.8 Å². The summed E-state index contributed by atoms with van der Waals surface area (Å²) in [5.74, 6) is 1.10. The van der Waals surface area contributed by atoms with Crippen molar-refractivity contribution in [1.82, 2.24) is 14.9 Å². The molecule has 2 aliphatic rings. The average Bonchev–Trinajstić information content (AvgIpc) is 2.68. The molecule has 0 radical (unpaired) electrons. The third-order valence-corrected chi connectivity index (χ3v) is 6.66. The predicted octanol–water partition coefficient (Wildman–Crippen LogP) is 3.08. The molecule has 2 aromatic rings. The number of rotatable bonds is 0. The van der Waals surface area contributed by atoms with Gasteiger partial charge in [0.1, 0.15) is 5.82 Å². The minimum Gasteiger partial charge on any atom is -0.331 e. The van der Waals surface area contributed by atoms with Gasteiger partial charge in [-0.15, -0.1) is 0 Å². The van der Waals surface area contributed by atoms with Gasteiger partial charge >= 0.3 is 0 Å². The average molecular weight is 283 g/mol. The summed E-state index contributed by atoms with van der Waals surface area (Å²) in [6.45, 7) is 10.6. The number of piperidine rings is 1. The maximum absolute atomic E-state index is 4.72. The van der Waals surface area contributed by atoms with Crippen molar-refractivity contribution in [3.8, 4) is 0 Å². The fourth-order valence-electron chi connectivity index (χ4n) is 4.57. The van der Waals surface area contributed by atoms with Gasteiger partial charge in [0.15, 0.2) is 0 Å². The first-order chi connectivity index (χ1) is 9.84. The summed E-state index contributed by atoms with van der Waals surface area (Å²) in [4.78, 5) is 4.72. The van der Waals surface area contributed by atoms with Crippen LogP contribution in [-0.2, 0) is 18.9 Å². The molecule has 1 aromatic heterocycles. The first kappa shape index (κ1) is 13.3. The van der Waals surface area contributed by atoms with Crippen LogP contribution in [0.5, 0.6) is 0 Å². The Morgan fingerprint density at radius 1 is 1.29 bits per heavy atom. The van der Waals surface area contributed by atoms with Crippen molar-refractivity contribution in [2.24, 2.45) is 12.5 Å². The summed E-state index contributed by atoms with van der Waals surface area (Å²) in [6, 6.07) is 5.34. The predicted molar refractivity (Wildman–Crippen MR) is 86.7 cm³/mol. The summed E-state index contributed by atoms with van der Waals surface area (Å²) in [6.07, 6.45) is 2.34. The molecule has 1 aromatic carbocycles. The van der Waals surface area contributed by atoms with Gasteiger partial charge in [-0.05, 0) is 55.0 Å². The highest BCUT2D eigenvalue weighted by Gasteiger charge is 2.53. The lowest BCUT2D eigenvalue weighted by Crippen LogP contribution is -2.62. The molecule has 1 fully saturated rings. The van der Waals surface area contributed by atoms with Crippen LogP contribution >= 0.6 is 0 Å². The molecule has 1 aliphatic carbocycles. The van der Waals surface area contributed by atoms with E-state index in [9.17, 15) is 0 Å². The zero-order chi connectivity index (χ0) is 15.0. The number of nitrogens with zero attached hydrogens (tertiary/aromatic N) is 2. The smallest absolute Gasteiger partial charge is 0.106 e. The number of hydrogen-bond donors (Lipinski definition) is 1. The molecule has 2 bridgehead atoms. The topological polar surface area (TPSA) is 29.9 Å². The number of benzene rings is 1. The van der Waals surface area contributed by atoms with Crippen molar-refractivity contribution in [3.05, 3.63) is 29.1 Å². The first-order valence-electron chi connectivity index (χ1n) is 8.04. The highest BCUT2D eigenvalue weighted by Crippen LogP contribution is 2.54. The molecule has 2 atom stereocenters. The first-order valence-corrected chi connectivity index (χ1v) is 8.04. The van der Waals surface area contributed by atoms with Gasteiger partial charge in [-0.2, -0.15) is 0 Å². The van der Waals surface area contributed by atoms with Gasteiger partial charge in [-0.3, -0.25) is 0 Å². The quantitative estimate of drug-likeness (QED) is 0.805. The summed E-state index contributed by atoms with van der Waals surface area (Å²) in [5, 5.41) is 3.75. The molecule has 3 nitrogen and oxygen atoms in total. The monoisotopic (exact) mass is 283 g/mol. The maximum Gasteiger partial charge on any atom is 0.106 e. The molecule has 4 rings (SSSR count). The Bertz CT molecular complexity index is 740. The summed E-state index contributed by atoms with van der Waals surface area (Å²) >= 11 is 0. The second kappa shape index (κ2) is 3.89. The fourth-order valence-corrected chi connectivity index (χ4v) is 4.57. The summed E-state index contributed by atoms with van der Waals surface area (Å²) in [5.41, 5.74) is 6.03. The molecule has 0 saturated carbocycles. The highest BCUT2D eigenvalue weighted by molar-refractivity contribution is 5.79. The fraction of sp³-hybridized carbons (Fsp3) is 0.611. The van der Waals surface area contributed by atoms with E-state index in [1.165, 1.54) is 17.5 Å². The number of hydrogen-bond acceptors (Lipinski definition) is 2. The van der Waals surface area contributed by atoms with Crippen LogP contribution < -0.4 is 5.32 Å². The molecule has 112 valence electrons. The Balaban J connectivity index is 2.03. The Kier molecular flexibility index (Phi) is 2.47. The lowest BCUT2D eigenvalue weighted by atomic mass is 9.51. The molecule has 0 amide bonds. The van der Waals surface area contributed by atoms with Crippen LogP contribution in [0.3, 0.4) is 0 Å². The van der Waals surface area contributed by atoms with Gasteiger partial charge in [0.25, 0.3) is 0 Å². The van der Waals surface area contributed by atoms with Crippen LogP contribution in [0.4, 0.5) is 0 Å². The van der Waals surface area contributed by atoms with E-state index < -0.39 is 0 Å².